The van der Waals surface area contributed by atoms with Crippen molar-refractivity contribution in [2.24, 2.45) is 0 Å². The van der Waals surface area contributed by atoms with Crippen LogP contribution in [0.1, 0.15) is 5.01 Å². The van der Waals surface area contributed by atoms with E-state index in [2.05, 4.69) is 10.3 Å². The van der Waals surface area contributed by atoms with E-state index in [0.717, 1.165) is 15.2 Å². The number of halogens is 2. The Bertz CT molecular complexity index is 819. The van der Waals surface area contributed by atoms with Crippen LogP contribution in [-0.2, 0) is 10.5 Å². The Labute approximate surface area is 156 Å². The van der Waals surface area contributed by atoms with E-state index >= 15 is 0 Å². The van der Waals surface area contributed by atoms with Gasteiger partial charge in [0.25, 0.3) is 5.76 Å². The fraction of sp³-hybridized carbons (Fsp3) is 0.176. The Morgan fingerprint density at radius 1 is 1.16 bits per heavy atom. The van der Waals surface area contributed by atoms with Gasteiger partial charge in [-0.2, -0.15) is 8.78 Å². The number of thioether (sulfide) groups is 2. The van der Waals surface area contributed by atoms with Gasteiger partial charge in [0, 0.05) is 16.3 Å². The van der Waals surface area contributed by atoms with Gasteiger partial charge >= 0.3 is 0 Å². The van der Waals surface area contributed by atoms with Gasteiger partial charge in [-0.3, -0.25) is 4.79 Å². The first-order chi connectivity index (χ1) is 12.1. The lowest BCUT2D eigenvalue weighted by molar-refractivity contribution is -0.113. The number of fused-ring (bicyclic) bond motifs is 1. The molecule has 0 aliphatic rings. The molecule has 3 rings (SSSR count). The molecule has 1 amide bonds. The van der Waals surface area contributed by atoms with Gasteiger partial charge in [-0.05, 0) is 36.4 Å². The molecule has 0 unspecified atom stereocenters. The summed E-state index contributed by atoms with van der Waals surface area (Å²) in [4.78, 5) is 17.0. The number of para-hydroxylation sites is 1. The summed E-state index contributed by atoms with van der Waals surface area (Å²) in [5.74, 6) is -1.58. The average Bonchev–Trinajstić information content (AvgIpc) is 2.99. The number of aromatic nitrogens is 1. The number of benzene rings is 2. The van der Waals surface area contributed by atoms with Crippen LogP contribution in [0.5, 0.6) is 0 Å². The van der Waals surface area contributed by atoms with Gasteiger partial charge < -0.3 is 5.32 Å². The Balaban J connectivity index is 1.46. The number of hydrogen-bond acceptors (Lipinski definition) is 5. The second kappa shape index (κ2) is 8.64. The maximum atomic E-state index is 12.3. The summed E-state index contributed by atoms with van der Waals surface area (Å²) in [6, 6.07) is 14.3. The van der Waals surface area contributed by atoms with E-state index in [1.165, 1.54) is 11.8 Å². The number of hydrogen-bond donors (Lipinski definition) is 1. The van der Waals surface area contributed by atoms with Crippen molar-refractivity contribution in [3.8, 4) is 0 Å². The zero-order valence-electron chi connectivity index (χ0n) is 12.9. The maximum absolute atomic E-state index is 12.3. The lowest BCUT2D eigenvalue weighted by atomic mass is 10.3. The van der Waals surface area contributed by atoms with Crippen molar-refractivity contribution in [2.45, 2.75) is 16.4 Å². The van der Waals surface area contributed by atoms with Gasteiger partial charge in [-0.15, -0.1) is 23.1 Å². The summed E-state index contributed by atoms with van der Waals surface area (Å²) < 4.78 is 25.7. The van der Waals surface area contributed by atoms with Crippen molar-refractivity contribution in [3.05, 3.63) is 53.5 Å². The van der Waals surface area contributed by atoms with Crippen molar-refractivity contribution >= 4 is 56.7 Å². The van der Waals surface area contributed by atoms with Crippen LogP contribution < -0.4 is 5.32 Å². The number of thiazole rings is 1. The molecule has 3 aromatic rings. The standard InChI is InChI=1S/C17H14F2N2OS3/c18-17(19)24-12-7-5-11(6-8-12)20-15(22)9-23-10-16-21-13-3-1-2-4-14(13)25-16/h1-8,17H,9-10H2,(H,20,22). The van der Waals surface area contributed by atoms with E-state index in [9.17, 15) is 13.6 Å². The minimum atomic E-state index is -2.45. The number of nitrogens with one attached hydrogen (secondary N) is 1. The molecule has 1 N–H and O–H groups in total. The quantitative estimate of drug-likeness (QED) is 0.537. The Morgan fingerprint density at radius 2 is 1.92 bits per heavy atom. The number of anilines is 1. The molecule has 2 aromatic carbocycles. The minimum Gasteiger partial charge on any atom is -0.325 e. The monoisotopic (exact) mass is 396 g/mol. The van der Waals surface area contributed by atoms with E-state index in [1.807, 2.05) is 24.3 Å². The summed E-state index contributed by atoms with van der Waals surface area (Å²) in [6.45, 7) is 0. The molecule has 25 heavy (non-hydrogen) atoms. The van der Waals surface area contributed by atoms with Crippen LogP contribution in [0.25, 0.3) is 10.2 Å². The van der Waals surface area contributed by atoms with E-state index < -0.39 is 5.76 Å². The van der Waals surface area contributed by atoms with Crippen LogP contribution in [0.4, 0.5) is 14.5 Å². The van der Waals surface area contributed by atoms with Gasteiger partial charge in [0.2, 0.25) is 5.91 Å². The second-order valence-electron chi connectivity index (χ2n) is 5.02. The van der Waals surface area contributed by atoms with Crippen molar-refractivity contribution in [1.29, 1.82) is 0 Å². The molecular weight excluding hydrogens is 382 g/mol. The summed E-state index contributed by atoms with van der Waals surface area (Å²) in [5, 5.41) is 3.75. The van der Waals surface area contributed by atoms with Gasteiger partial charge in [0.1, 0.15) is 5.01 Å². The van der Waals surface area contributed by atoms with Crippen molar-refractivity contribution in [3.63, 3.8) is 0 Å². The van der Waals surface area contributed by atoms with Crippen LogP contribution in [0.15, 0.2) is 53.4 Å². The van der Waals surface area contributed by atoms with E-state index in [1.54, 1.807) is 35.6 Å². The molecule has 130 valence electrons. The van der Waals surface area contributed by atoms with Gasteiger partial charge in [-0.25, -0.2) is 4.98 Å². The van der Waals surface area contributed by atoms with E-state index in [-0.39, 0.29) is 5.91 Å². The molecule has 8 heteroatoms. The second-order valence-corrected chi connectivity index (χ2v) is 8.18. The number of amides is 1. The molecule has 1 heterocycles. The average molecular weight is 397 g/mol. The molecule has 0 spiro atoms. The van der Waals surface area contributed by atoms with Crippen molar-refractivity contribution in [1.82, 2.24) is 4.98 Å². The molecular formula is C17H14F2N2OS3. The number of alkyl halides is 2. The Hall–Kier alpha value is -1.64. The summed E-state index contributed by atoms with van der Waals surface area (Å²) >= 11 is 3.61. The smallest absolute Gasteiger partial charge is 0.288 e. The number of nitrogens with zero attached hydrogens (tertiary/aromatic N) is 1. The van der Waals surface area contributed by atoms with Crippen LogP contribution in [-0.4, -0.2) is 22.4 Å². The van der Waals surface area contributed by atoms with Gasteiger partial charge in [-0.1, -0.05) is 23.9 Å². The van der Waals surface area contributed by atoms with Crippen LogP contribution >= 0.6 is 34.9 Å². The highest BCUT2D eigenvalue weighted by atomic mass is 32.2. The minimum absolute atomic E-state index is 0.125. The molecule has 0 radical (unpaired) electrons. The number of carbonyl (C=O) groups is 1. The Kier molecular flexibility index (Phi) is 6.28. The SMILES string of the molecule is O=C(CSCc1nc2ccccc2s1)Nc1ccc(SC(F)F)cc1. The molecule has 0 aliphatic carbocycles. The molecule has 1 aromatic heterocycles. The first kappa shape index (κ1) is 18.2. The highest BCUT2D eigenvalue weighted by Gasteiger charge is 2.08. The first-order valence-electron chi connectivity index (χ1n) is 7.37. The summed E-state index contributed by atoms with van der Waals surface area (Å²) in [7, 11) is 0. The third kappa shape index (κ3) is 5.42. The van der Waals surface area contributed by atoms with E-state index in [4.69, 9.17) is 0 Å². The van der Waals surface area contributed by atoms with Crippen LogP contribution in [0, 0.1) is 0 Å². The molecule has 0 atom stereocenters. The third-order valence-electron chi connectivity index (χ3n) is 3.16. The zero-order chi connectivity index (χ0) is 17.6. The van der Waals surface area contributed by atoms with Crippen molar-refractivity contribution in [2.75, 3.05) is 11.1 Å². The van der Waals surface area contributed by atoms with Crippen molar-refractivity contribution < 1.29 is 13.6 Å². The highest BCUT2D eigenvalue weighted by molar-refractivity contribution is 7.99. The predicted molar refractivity (Wildman–Crippen MR) is 103 cm³/mol. The maximum Gasteiger partial charge on any atom is 0.288 e. The predicted octanol–water partition coefficient (Wildman–Crippen LogP) is 5.48. The third-order valence-corrected chi connectivity index (χ3v) is 6.05. The normalized spacial score (nSPS) is 11.2. The number of rotatable bonds is 7. The fourth-order valence-corrected chi connectivity index (χ4v) is 4.48. The molecule has 3 nitrogen and oxygen atoms in total. The van der Waals surface area contributed by atoms with Crippen LogP contribution in [0.3, 0.4) is 0 Å². The lowest BCUT2D eigenvalue weighted by Crippen LogP contribution is -2.14. The van der Waals surface area contributed by atoms with E-state index in [0.29, 0.717) is 33.9 Å². The molecule has 0 saturated carbocycles. The first-order valence-corrected chi connectivity index (χ1v) is 10.2. The molecule has 0 fully saturated rings. The Morgan fingerprint density at radius 3 is 2.64 bits per heavy atom. The zero-order valence-corrected chi connectivity index (χ0v) is 15.4. The van der Waals surface area contributed by atoms with Gasteiger partial charge in [0.05, 0.1) is 16.0 Å². The largest absolute Gasteiger partial charge is 0.325 e. The topological polar surface area (TPSA) is 42.0 Å². The highest BCUT2D eigenvalue weighted by Crippen LogP contribution is 2.27. The lowest BCUT2D eigenvalue weighted by Gasteiger charge is -2.06. The fourth-order valence-electron chi connectivity index (χ4n) is 2.13. The molecule has 0 aliphatic heterocycles. The van der Waals surface area contributed by atoms with Gasteiger partial charge in [0.15, 0.2) is 0 Å². The summed E-state index contributed by atoms with van der Waals surface area (Å²) in [6.07, 6.45) is 0. The molecule has 0 bridgehead atoms. The summed E-state index contributed by atoms with van der Waals surface area (Å²) in [5.41, 5.74) is 1.58. The molecule has 0 saturated heterocycles. The number of carbonyl (C=O) groups excluding carboxylic acids is 1. The van der Waals surface area contributed by atoms with Crippen LogP contribution in [0.2, 0.25) is 0 Å².